The maximum atomic E-state index is 5.33. The number of aliphatic imine (C=N–C) groups is 1. The Labute approximate surface area is 190 Å². The highest BCUT2D eigenvalue weighted by Gasteiger charge is 2.22. The molecule has 7 nitrogen and oxygen atoms in total. The van der Waals surface area contributed by atoms with Gasteiger partial charge in [-0.3, -0.25) is 10.00 Å². The largest absolute Gasteiger partial charge is 0.497 e. The molecule has 1 unspecified atom stereocenters. The van der Waals surface area contributed by atoms with E-state index in [0.29, 0.717) is 12.6 Å². The molecule has 1 aliphatic heterocycles. The molecule has 1 atom stereocenters. The third kappa shape index (κ3) is 7.18. The minimum Gasteiger partial charge on any atom is -0.497 e. The SMILES string of the molecule is CCNC(=NCc1ccn[nH]1)NCC(c1ccc(OC)cc1)N1CCCCC1.I. The molecular formula is C21H33IN6O. The number of methoxy groups -OCH3 is 1. The second-order valence-electron chi connectivity index (χ2n) is 7.04. The van der Waals surface area contributed by atoms with Crippen LogP contribution in [0.1, 0.15) is 43.5 Å². The van der Waals surface area contributed by atoms with Crippen LogP contribution >= 0.6 is 24.0 Å². The van der Waals surface area contributed by atoms with Gasteiger partial charge in [-0.1, -0.05) is 18.6 Å². The number of piperidine rings is 1. The summed E-state index contributed by atoms with van der Waals surface area (Å²) >= 11 is 0. The summed E-state index contributed by atoms with van der Waals surface area (Å²) in [6, 6.07) is 10.7. The molecule has 0 saturated carbocycles. The molecule has 0 amide bonds. The molecule has 29 heavy (non-hydrogen) atoms. The van der Waals surface area contributed by atoms with Crippen LogP contribution in [0.4, 0.5) is 0 Å². The van der Waals surface area contributed by atoms with Gasteiger partial charge in [0.15, 0.2) is 5.96 Å². The summed E-state index contributed by atoms with van der Waals surface area (Å²) < 4.78 is 5.33. The Bertz CT molecular complexity index is 713. The zero-order chi connectivity index (χ0) is 19.6. The molecule has 0 radical (unpaired) electrons. The molecule has 1 saturated heterocycles. The van der Waals surface area contributed by atoms with Crippen molar-refractivity contribution in [2.45, 2.75) is 38.8 Å². The summed E-state index contributed by atoms with van der Waals surface area (Å²) in [4.78, 5) is 7.26. The molecule has 160 valence electrons. The molecule has 1 aliphatic rings. The van der Waals surface area contributed by atoms with Crippen molar-refractivity contribution in [2.75, 3.05) is 33.3 Å². The number of benzene rings is 1. The first-order chi connectivity index (χ1) is 13.8. The van der Waals surface area contributed by atoms with Gasteiger partial charge in [0.05, 0.1) is 25.4 Å². The van der Waals surface area contributed by atoms with Crippen LogP contribution in [0.25, 0.3) is 0 Å². The number of aromatic nitrogens is 2. The maximum Gasteiger partial charge on any atom is 0.191 e. The number of likely N-dealkylation sites (tertiary alicyclic amines) is 1. The molecule has 1 aromatic heterocycles. The summed E-state index contributed by atoms with van der Waals surface area (Å²) in [5.74, 6) is 1.72. The summed E-state index contributed by atoms with van der Waals surface area (Å²) in [6.07, 6.45) is 5.61. The minimum absolute atomic E-state index is 0. The number of H-pyrrole nitrogens is 1. The number of aromatic amines is 1. The lowest BCUT2D eigenvalue weighted by atomic mass is 10.0. The van der Waals surface area contributed by atoms with Crippen molar-refractivity contribution in [2.24, 2.45) is 4.99 Å². The fourth-order valence-electron chi connectivity index (χ4n) is 3.59. The van der Waals surface area contributed by atoms with Crippen molar-refractivity contribution < 1.29 is 4.74 Å². The van der Waals surface area contributed by atoms with Gasteiger partial charge in [0.25, 0.3) is 0 Å². The van der Waals surface area contributed by atoms with Crippen LogP contribution in [0.5, 0.6) is 5.75 Å². The molecule has 2 heterocycles. The van der Waals surface area contributed by atoms with Crippen molar-refractivity contribution in [1.29, 1.82) is 0 Å². The first-order valence-electron chi connectivity index (χ1n) is 10.2. The summed E-state index contributed by atoms with van der Waals surface area (Å²) in [7, 11) is 1.71. The maximum absolute atomic E-state index is 5.33. The number of nitrogens with one attached hydrogen (secondary N) is 3. The first-order valence-corrected chi connectivity index (χ1v) is 10.2. The molecular weight excluding hydrogens is 479 g/mol. The number of guanidine groups is 1. The van der Waals surface area contributed by atoms with Crippen molar-refractivity contribution in [3.63, 3.8) is 0 Å². The molecule has 0 spiro atoms. The van der Waals surface area contributed by atoms with Gasteiger partial charge < -0.3 is 15.4 Å². The molecule has 8 heteroatoms. The predicted molar refractivity (Wildman–Crippen MR) is 128 cm³/mol. The highest BCUT2D eigenvalue weighted by Crippen LogP contribution is 2.25. The van der Waals surface area contributed by atoms with Gasteiger partial charge in [-0.15, -0.1) is 24.0 Å². The van der Waals surface area contributed by atoms with E-state index in [0.717, 1.165) is 43.6 Å². The molecule has 3 rings (SSSR count). The van der Waals surface area contributed by atoms with E-state index in [4.69, 9.17) is 4.74 Å². The van der Waals surface area contributed by atoms with Gasteiger partial charge in [-0.05, 0) is 56.6 Å². The van der Waals surface area contributed by atoms with E-state index in [1.165, 1.54) is 24.8 Å². The fraction of sp³-hybridized carbons (Fsp3) is 0.524. The van der Waals surface area contributed by atoms with E-state index in [1.807, 2.05) is 18.2 Å². The second kappa shape index (κ2) is 12.7. The average molecular weight is 512 g/mol. The smallest absolute Gasteiger partial charge is 0.191 e. The van der Waals surface area contributed by atoms with Crippen LogP contribution in [0.2, 0.25) is 0 Å². The Balaban J connectivity index is 0.00000300. The quantitative estimate of drug-likeness (QED) is 0.288. The predicted octanol–water partition coefficient (Wildman–Crippen LogP) is 3.32. The van der Waals surface area contributed by atoms with Gasteiger partial charge >= 0.3 is 0 Å². The number of halogens is 1. The molecule has 0 aliphatic carbocycles. The molecule has 3 N–H and O–H groups in total. The fourth-order valence-corrected chi connectivity index (χ4v) is 3.59. The van der Waals surface area contributed by atoms with Crippen LogP contribution in [0, 0.1) is 0 Å². The Kier molecular flexibility index (Phi) is 10.3. The highest BCUT2D eigenvalue weighted by molar-refractivity contribution is 14.0. The lowest BCUT2D eigenvalue weighted by Crippen LogP contribution is -2.44. The van der Waals surface area contributed by atoms with Gasteiger partial charge in [0, 0.05) is 19.3 Å². The van der Waals surface area contributed by atoms with Gasteiger partial charge in [0.2, 0.25) is 0 Å². The third-order valence-electron chi connectivity index (χ3n) is 5.11. The van der Waals surface area contributed by atoms with E-state index in [2.05, 4.69) is 49.8 Å². The average Bonchev–Trinajstić information content (AvgIpc) is 3.27. The standard InChI is InChI=1S/C21H32N6O.HI/c1-3-22-21(23-15-18-11-12-25-26-18)24-16-20(27-13-5-4-6-14-27)17-7-9-19(28-2)10-8-17;/h7-12,20H,3-6,13-16H2,1-2H3,(H,25,26)(H2,22,23,24);1H. The minimum atomic E-state index is 0. The summed E-state index contributed by atoms with van der Waals surface area (Å²) in [6.45, 7) is 6.57. The number of ether oxygens (including phenoxy) is 1. The monoisotopic (exact) mass is 512 g/mol. The van der Waals surface area contributed by atoms with Crippen molar-refractivity contribution >= 4 is 29.9 Å². The number of rotatable bonds is 8. The zero-order valence-corrected chi connectivity index (χ0v) is 19.7. The van der Waals surface area contributed by atoms with Crippen molar-refractivity contribution in [3.05, 3.63) is 47.8 Å². The van der Waals surface area contributed by atoms with Crippen molar-refractivity contribution in [3.8, 4) is 5.75 Å². The summed E-state index contributed by atoms with van der Waals surface area (Å²) in [5, 5.41) is 13.8. The van der Waals surface area contributed by atoms with E-state index >= 15 is 0 Å². The molecule has 2 aromatic rings. The lowest BCUT2D eigenvalue weighted by Gasteiger charge is -2.35. The van der Waals surface area contributed by atoms with E-state index in [9.17, 15) is 0 Å². The normalized spacial score (nSPS) is 16.0. The van der Waals surface area contributed by atoms with Crippen LogP contribution in [-0.4, -0.2) is 54.3 Å². The topological polar surface area (TPSA) is 77.6 Å². The van der Waals surface area contributed by atoms with Crippen molar-refractivity contribution in [1.82, 2.24) is 25.7 Å². The van der Waals surface area contributed by atoms with Crippen LogP contribution < -0.4 is 15.4 Å². The lowest BCUT2D eigenvalue weighted by molar-refractivity contribution is 0.164. The second-order valence-corrected chi connectivity index (χ2v) is 7.04. The Hall–Kier alpha value is -1.81. The molecule has 1 fully saturated rings. The number of hydrogen-bond donors (Lipinski definition) is 3. The molecule has 1 aromatic carbocycles. The number of nitrogens with zero attached hydrogens (tertiary/aromatic N) is 3. The van der Waals surface area contributed by atoms with E-state index < -0.39 is 0 Å². The first kappa shape index (κ1) is 23.5. The van der Waals surface area contributed by atoms with Crippen LogP contribution in [0.3, 0.4) is 0 Å². The zero-order valence-electron chi connectivity index (χ0n) is 17.4. The van der Waals surface area contributed by atoms with Gasteiger partial charge in [-0.2, -0.15) is 5.10 Å². The van der Waals surface area contributed by atoms with Crippen LogP contribution in [0.15, 0.2) is 41.5 Å². The Morgan fingerprint density at radius 3 is 2.55 bits per heavy atom. The van der Waals surface area contributed by atoms with E-state index in [1.54, 1.807) is 13.3 Å². The van der Waals surface area contributed by atoms with Gasteiger partial charge in [-0.25, -0.2) is 4.99 Å². The van der Waals surface area contributed by atoms with E-state index in [-0.39, 0.29) is 24.0 Å². The molecule has 0 bridgehead atoms. The third-order valence-corrected chi connectivity index (χ3v) is 5.11. The Morgan fingerprint density at radius 2 is 1.93 bits per heavy atom. The highest BCUT2D eigenvalue weighted by atomic mass is 127. The Morgan fingerprint density at radius 1 is 1.17 bits per heavy atom. The number of hydrogen-bond acceptors (Lipinski definition) is 4. The van der Waals surface area contributed by atoms with Crippen LogP contribution in [-0.2, 0) is 6.54 Å². The summed E-state index contributed by atoms with van der Waals surface area (Å²) in [5.41, 5.74) is 2.31. The van der Waals surface area contributed by atoms with Gasteiger partial charge in [0.1, 0.15) is 5.75 Å².